The zero-order valence-corrected chi connectivity index (χ0v) is 15.1. The Kier molecular flexibility index (Phi) is 7.22. The van der Waals surface area contributed by atoms with E-state index in [2.05, 4.69) is 27.8 Å². The molecule has 0 radical (unpaired) electrons. The summed E-state index contributed by atoms with van der Waals surface area (Å²) in [5.74, 6) is 0.0154. The third kappa shape index (κ3) is 6.43. The molecule has 0 aromatic heterocycles. The minimum Gasteiger partial charge on any atom is -0.493 e. The number of esters is 1. The molecular formula is C19H18BrNO4. The molecule has 0 fully saturated rings. The van der Waals surface area contributed by atoms with E-state index in [9.17, 15) is 9.59 Å². The molecule has 0 aliphatic heterocycles. The number of carbonyl (C=O) groups is 2. The molecule has 0 spiro atoms. The average molecular weight is 404 g/mol. The summed E-state index contributed by atoms with van der Waals surface area (Å²) in [5, 5.41) is 2.82. The largest absolute Gasteiger partial charge is 0.493 e. The topological polar surface area (TPSA) is 64.6 Å². The fourth-order valence-corrected chi connectivity index (χ4v) is 2.18. The smallest absolute Gasteiger partial charge is 0.330 e. The molecule has 0 unspecified atom stereocenters. The molecule has 2 aromatic carbocycles. The van der Waals surface area contributed by atoms with Gasteiger partial charge in [0.15, 0.2) is 0 Å². The van der Waals surface area contributed by atoms with Crippen molar-refractivity contribution in [1.82, 2.24) is 0 Å². The van der Waals surface area contributed by atoms with E-state index in [1.54, 1.807) is 24.3 Å². The number of anilines is 1. The zero-order chi connectivity index (χ0) is 18.1. The Bertz CT molecular complexity index is 726. The van der Waals surface area contributed by atoms with Crippen LogP contribution in [0.5, 0.6) is 5.75 Å². The second kappa shape index (κ2) is 9.64. The molecule has 2 aromatic rings. The summed E-state index contributed by atoms with van der Waals surface area (Å²) < 4.78 is 11.3. The van der Waals surface area contributed by atoms with Crippen molar-refractivity contribution in [2.45, 2.75) is 6.42 Å². The molecule has 0 aliphatic carbocycles. The quantitative estimate of drug-likeness (QED) is 0.407. The van der Waals surface area contributed by atoms with Gasteiger partial charge in [0.25, 0.3) is 5.91 Å². The van der Waals surface area contributed by atoms with Crippen molar-refractivity contribution in [3.8, 4) is 5.75 Å². The van der Waals surface area contributed by atoms with Gasteiger partial charge in [-0.15, -0.1) is 0 Å². The van der Waals surface area contributed by atoms with Gasteiger partial charge in [0, 0.05) is 28.2 Å². The van der Waals surface area contributed by atoms with E-state index in [0.29, 0.717) is 24.3 Å². The van der Waals surface area contributed by atoms with Crippen LogP contribution < -0.4 is 10.1 Å². The second-order valence-electron chi connectivity index (χ2n) is 5.06. The van der Waals surface area contributed by atoms with Crippen molar-refractivity contribution in [3.05, 3.63) is 71.2 Å². The Morgan fingerprint density at radius 3 is 2.36 bits per heavy atom. The molecule has 2 rings (SSSR count). The van der Waals surface area contributed by atoms with Gasteiger partial charge in [-0.1, -0.05) is 22.5 Å². The Morgan fingerprint density at radius 2 is 1.72 bits per heavy atom. The van der Waals surface area contributed by atoms with E-state index in [-0.39, 0.29) is 12.5 Å². The maximum absolute atomic E-state index is 12.2. The molecule has 0 bridgehead atoms. The number of hydrogen-bond donors (Lipinski definition) is 1. The average Bonchev–Trinajstić information content (AvgIpc) is 2.63. The van der Waals surface area contributed by atoms with E-state index in [4.69, 9.17) is 9.47 Å². The van der Waals surface area contributed by atoms with E-state index in [1.807, 2.05) is 24.3 Å². The molecular weight excluding hydrogens is 386 g/mol. The first-order valence-corrected chi connectivity index (χ1v) is 8.47. The van der Waals surface area contributed by atoms with E-state index < -0.39 is 5.97 Å². The van der Waals surface area contributed by atoms with Crippen LogP contribution in [0, 0.1) is 0 Å². The summed E-state index contributed by atoms with van der Waals surface area (Å²) >= 11 is 3.35. The summed E-state index contributed by atoms with van der Waals surface area (Å²) in [7, 11) is 0. The van der Waals surface area contributed by atoms with Gasteiger partial charge in [-0.2, -0.15) is 0 Å². The lowest BCUT2D eigenvalue weighted by molar-refractivity contribution is -0.137. The number of halogens is 1. The van der Waals surface area contributed by atoms with Gasteiger partial charge in [0.05, 0.1) is 13.2 Å². The number of benzene rings is 2. The van der Waals surface area contributed by atoms with Crippen LogP contribution in [0.2, 0.25) is 0 Å². The van der Waals surface area contributed by atoms with Crippen LogP contribution >= 0.6 is 15.9 Å². The summed E-state index contributed by atoms with van der Waals surface area (Å²) in [4.78, 5) is 23.1. The first kappa shape index (κ1) is 18.7. The van der Waals surface area contributed by atoms with Crippen molar-refractivity contribution in [2.24, 2.45) is 0 Å². The van der Waals surface area contributed by atoms with Crippen LogP contribution in [0.3, 0.4) is 0 Å². The van der Waals surface area contributed by atoms with Crippen molar-refractivity contribution >= 4 is 33.5 Å². The van der Waals surface area contributed by atoms with Gasteiger partial charge in [0.1, 0.15) is 5.75 Å². The lowest BCUT2D eigenvalue weighted by Crippen LogP contribution is -2.11. The highest BCUT2D eigenvalue weighted by molar-refractivity contribution is 9.10. The number of ether oxygens (including phenoxy) is 2. The first-order valence-electron chi connectivity index (χ1n) is 7.67. The molecule has 0 saturated heterocycles. The summed E-state index contributed by atoms with van der Waals surface area (Å²) in [6.07, 6.45) is 1.70. The van der Waals surface area contributed by atoms with Crippen molar-refractivity contribution < 1.29 is 19.1 Å². The van der Waals surface area contributed by atoms with Gasteiger partial charge >= 0.3 is 5.97 Å². The van der Waals surface area contributed by atoms with Crippen LogP contribution in [0.1, 0.15) is 16.8 Å². The molecule has 25 heavy (non-hydrogen) atoms. The minimum absolute atomic E-state index is 0.190. The van der Waals surface area contributed by atoms with Gasteiger partial charge in [-0.25, -0.2) is 4.79 Å². The SMILES string of the molecule is C=CC(=O)OCCCOc1ccc(C(=O)Nc2ccc(Br)cc2)cc1. The number of amides is 1. The summed E-state index contributed by atoms with van der Waals surface area (Å²) in [6.45, 7) is 4.01. The Morgan fingerprint density at radius 1 is 1.04 bits per heavy atom. The van der Waals surface area contributed by atoms with Crippen molar-refractivity contribution in [3.63, 3.8) is 0 Å². The number of hydrogen-bond acceptors (Lipinski definition) is 4. The van der Waals surface area contributed by atoms with Gasteiger partial charge < -0.3 is 14.8 Å². The first-order chi connectivity index (χ1) is 12.1. The Labute approximate surface area is 154 Å². The molecule has 6 heteroatoms. The maximum Gasteiger partial charge on any atom is 0.330 e. The molecule has 0 saturated carbocycles. The van der Waals surface area contributed by atoms with Crippen LogP contribution in [-0.4, -0.2) is 25.1 Å². The molecule has 1 N–H and O–H groups in total. The predicted molar refractivity (Wildman–Crippen MR) is 99.8 cm³/mol. The van der Waals surface area contributed by atoms with E-state index in [0.717, 1.165) is 16.2 Å². The van der Waals surface area contributed by atoms with Gasteiger partial charge in [0.2, 0.25) is 0 Å². The molecule has 0 atom stereocenters. The van der Waals surface area contributed by atoms with Crippen molar-refractivity contribution in [2.75, 3.05) is 18.5 Å². The molecule has 130 valence electrons. The van der Waals surface area contributed by atoms with Crippen LogP contribution in [-0.2, 0) is 9.53 Å². The highest BCUT2D eigenvalue weighted by Crippen LogP contribution is 2.17. The van der Waals surface area contributed by atoms with Gasteiger partial charge in [-0.05, 0) is 48.5 Å². The predicted octanol–water partition coefficient (Wildman–Crippen LogP) is 4.20. The standard InChI is InChI=1S/C19H18BrNO4/c1-2-18(22)25-13-3-12-24-17-10-4-14(5-11-17)19(23)21-16-8-6-15(20)7-9-16/h2,4-11H,1,3,12-13H2,(H,21,23). The highest BCUT2D eigenvalue weighted by Gasteiger charge is 2.06. The maximum atomic E-state index is 12.2. The second-order valence-corrected chi connectivity index (χ2v) is 5.97. The summed E-state index contributed by atoms with van der Waals surface area (Å²) in [6, 6.07) is 14.2. The number of rotatable bonds is 8. The lowest BCUT2D eigenvalue weighted by atomic mass is 10.2. The molecule has 1 amide bonds. The molecule has 0 aliphatic rings. The van der Waals surface area contributed by atoms with Gasteiger partial charge in [-0.3, -0.25) is 4.79 Å². The third-order valence-corrected chi connectivity index (χ3v) is 3.72. The minimum atomic E-state index is -0.443. The zero-order valence-electron chi connectivity index (χ0n) is 13.5. The Balaban J connectivity index is 1.78. The van der Waals surface area contributed by atoms with Crippen LogP contribution in [0.25, 0.3) is 0 Å². The fourth-order valence-electron chi connectivity index (χ4n) is 1.92. The number of carbonyl (C=O) groups excluding carboxylic acids is 2. The summed E-state index contributed by atoms with van der Waals surface area (Å²) in [5.41, 5.74) is 1.26. The fraction of sp³-hybridized carbons (Fsp3) is 0.158. The van der Waals surface area contributed by atoms with Crippen LogP contribution in [0.15, 0.2) is 65.7 Å². The monoisotopic (exact) mass is 403 g/mol. The number of nitrogens with one attached hydrogen (secondary N) is 1. The molecule has 0 heterocycles. The van der Waals surface area contributed by atoms with Crippen LogP contribution in [0.4, 0.5) is 5.69 Å². The van der Waals surface area contributed by atoms with E-state index in [1.165, 1.54) is 0 Å². The van der Waals surface area contributed by atoms with E-state index >= 15 is 0 Å². The van der Waals surface area contributed by atoms with Crippen molar-refractivity contribution in [1.29, 1.82) is 0 Å². The normalized spacial score (nSPS) is 9.96. The molecule has 5 nitrogen and oxygen atoms in total. The Hall–Kier alpha value is -2.60. The third-order valence-electron chi connectivity index (χ3n) is 3.19. The highest BCUT2D eigenvalue weighted by atomic mass is 79.9. The lowest BCUT2D eigenvalue weighted by Gasteiger charge is -2.08.